The van der Waals surface area contributed by atoms with Crippen molar-refractivity contribution in [2.24, 2.45) is 5.73 Å². The van der Waals surface area contributed by atoms with E-state index in [4.69, 9.17) is 5.73 Å². The van der Waals surface area contributed by atoms with Crippen molar-refractivity contribution in [2.75, 3.05) is 6.54 Å². The highest BCUT2D eigenvalue weighted by molar-refractivity contribution is 9.10. The normalized spacial score (nSPS) is 13.4. The zero-order valence-corrected chi connectivity index (χ0v) is 8.82. The van der Waals surface area contributed by atoms with E-state index in [0.29, 0.717) is 11.5 Å². The van der Waals surface area contributed by atoms with Gasteiger partial charge in [0.1, 0.15) is 11.9 Å². The van der Waals surface area contributed by atoms with Crippen molar-refractivity contribution < 1.29 is 5.11 Å². The average Bonchev–Trinajstić information content (AvgIpc) is 2.59. The van der Waals surface area contributed by atoms with E-state index >= 15 is 0 Å². The number of nitrogens with one attached hydrogen (secondary N) is 1. The highest BCUT2D eigenvalue weighted by Crippen LogP contribution is 2.17. The Kier molecular flexibility index (Phi) is 2.49. The van der Waals surface area contributed by atoms with Gasteiger partial charge in [-0.2, -0.15) is 0 Å². The van der Waals surface area contributed by atoms with Gasteiger partial charge in [-0.25, -0.2) is 9.97 Å². The number of halogens is 1. The van der Waals surface area contributed by atoms with Gasteiger partial charge < -0.3 is 15.8 Å². The van der Waals surface area contributed by atoms with Gasteiger partial charge in [-0.3, -0.25) is 0 Å². The Hall–Kier alpha value is -0.980. The third-order valence-electron chi connectivity index (χ3n) is 1.86. The molecule has 1 atom stereocenters. The second kappa shape index (κ2) is 3.64. The quantitative estimate of drug-likeness (QED) is 0.739. The van der Waals surface area contributed by atoms with Crippen LogP contribution in [-0.4, -0.2) is 26.6 Å². The van der Waals surface area contributed by atoms with Crippen LogP contribution in [0.3, 0.4) is 0 Å². The van der Waals surface area contributed by atoms with E-state index in [1.54, 1.807) is 6.20 Å². The van der Waals surface area contributed by atoms with Crippen molar-refractivity contribution in [3.8, 4) is 0 Å². The van der Waals surface area contributed by atoms with Gasteiger partial charge in [-0.15, -0.1) is 0 Å². The summed E-state index contributed by atoms with van der Waals surface area (Å²) in [6.07, 6.45) is 0.893. The molecule has 0 amide bonds. The summed E-state index contributed by atoms with van der Waals surface area (Å²) < 4.78 is 0.863. The zero-order valence-electron chi connectivity index (χ0n) is 7.24. The number of imidazole rings is 1. The number of nitrogens with two attached hydrogens (primary N) is 1. The Morgan fingerprint density at radius 3 is 3.14 bits per heavy atom. The molecule has 0 aliphatic heterocycles. The lowest BCUT2D eigenvalue weighted by atomic mass is 10.3. The summed E-state index contributed by atoms with van der Waals surface area (Å²) in [6.45, 7) is 0.140. The fourth-order valence-electron chi connectivity index (χ4n) is 1.16. The van der Waals surface area contributed by atoms with Crippen LogP contribution in [0.1, 0.15) is 11.9 Å². The fraction of sp³-hybridized carbons (Fsp3) is 0.250. The van der Waals surface area contributed by atoms with E-state index < -0.39 is 6.10 Å². The highest BCUT2D eigenvalue weighted by atomic mass is 79.9. The van der Waals surface area contributed by atoms with Crippen LogP contribution in [0.15, 0.2) is 16.7 Å². The summed E-state index contributed by atoms with van der Waals surface area (Å²) in [5.74, 6) is 0.452. The molecule has 5 nitrogen and oxygen atoms in total. The maximum atomic E-state index is 9.44. The number of pyridine rings is 1. The Bertz CT molecular complexity index is 456. The minimum Gasteiger partial charge on any atom is -0.384 e. The van der Waals surface area contributed by atoms with E-state index in [0.717, 1.165) is 9.99 Å². The number of aliphatic hydroxyl groups excluding tert-OH is 1. The lowest BCUT2D eigenvalue weighted by Crippen LogP contribution is -2.12. The summed E-state index contributed by atoms with van der Waals surface area (Å²) in [6, 6.07) is 1.85. The molecule has 0 saturated carbocycles. The molecule has 2 aromatic heterocycles. The number of rotatable bonds is 2. The molecule has 0 aromatic carbocycles. The fourth-order valence-corrected chi connectivity index (χ4v) is 1.49. The second-order valence-corrected chi connectivity index (χ2v) is 3.81. The molecule has 4 N–H and O–H groups in total. The molecule has 1 unspecified atom stereocenters. The molecule has 74 valence electrons. The Morgan fingerprint density at radius 2 is 2.43 bits per heavy atom. The molecule has 0 aliphatic carbocycles. The van der Waals surface area contributed by atoms with Crippen LogP contribution < -0.4 is 5.73 Å². The largest absolute Gasteiger partial charge is 0.384 e. The summed E-state index contributed by atoms with van der Waals surface area (Å²) in [7, 11) is 0. The van der Waals surface area contributed by atoms with E-state index in [1.807, 2.05) is 6.07 Å². The van der Waals surface area contributed by atoms with Crippen molar-refractivity contribution in [2.45, 2.75) is 6.10 Å². The summed E-state index contributed by atoms with van der Waals surface area (Å²) in [5, 5.41) is 9.44. The van der Waals surface area contributed by atoms with Crippen LogP contribution in [0, 0.1) is 0 Å². The van der Waals surface area contributed by atoms with Gasteiger partial charge >= 0.3 is 0 Å². The number of fused-ring (bicyclic) bond motifs is 1. The summed E-state index contributed by atoms with van der Waals surface area (Å²) in [4.78, 5) is 11.1. The number of aromatic nitrogens is 3. The molecule has 6 heteroatoms. The standard InChI is InChI=1S/C8H9BrN4O/c9-4-1-5-7(11-3-4)13-8(12-5)6(14)2-10/h1,3,6,14H,2,10H2,(H,11,12,13). The minimum absolute atomic E-state index is 0.140. The number of H-pyrrole nitrogens is 1. The highest BCUT2D eigenvalue weighted by Gasteiger charge is 2.11. The zero-order chi connectivity index (χ0) is 10.1. The molecule has 2 heterocycles. The molecule has 0 saturated heterocycles. The van der Waals surface area contributed by atoms with Gasteiger partial charge in [0.05, 0.1) is 5.52 Å². The van der Waals surface area contributed by atoms with Crippen molar-refractivity contribution in [1.82, 2.24) is 15.0 Å². The van der Waals surface area contributed by atoms with Gasteiger partial charge in [-0.05, 0) is 22.0 Å². The van der Waals surface area contributed by atoms with E-state index in [2.05, 4.69) is 30.9 Å². The lowest BCUT2D eigenvalue weighted by molar-refractivity contribution is 0.178. The van der Waals surface area contributed by atoms with Crippen LogP contribution in [0.2, 0.25) is 0 Å². The smallest absolute Gasteiger partial charge is 0.177 e. The molecule has 0 radical (unpaired) electrons. The Balaban J connectivity index is 2.51. The van der Waals surface area contributed by atoms with Crippen LogP contribution in [-0.2, 0) is 0 Å². The lowest BCUT2D eigenvalue weighted by Gasteiger charge is -2.00. The SMILES string of the molecule is NCC(O)c1nc2ncc(Br)cc2[nH]1. The van der Waals surface area contributed by atoms with Gasteiger partial charge in [0.25, 0.3) is 0 Å². The maximum absolute atomic E-state index is 9.44. The van der Waals surface area contributed by atoms with Gasteiger partial charge in [0, 0.05) is 17.2 Å². The number of hydrogen-bond acceptors (Lipinski definition) is 4. The number of nitrogens with zero attached hydrogens (tertiary/aromatic N) is 2. The number of hydrogen-bond donors (Lipinski definition) is 3. The van der Waals surface area contributed by atoms with E-state index in [-0.39, 0.29) is 6.54 Å². The maximum Gasteiger partial charge on any atom is 0.177 e. The Labute approximate surface area is 88.5 Å². The third-order valence-corrected chi connectivity index (χ3v) is 2.29. The van der Waals surface area contributed by atoms with Crippen LogP contribution in [0.25, 0.3) is 11.2 Å². The second-order valence-electron chi connectivity index (χ2n) is 2.90. The predicted octanol–water partition coefficient (Wildman–Crippen LogP) is 0.712. The van der Waals surface area contributed by atoms with Gasteiger partial charge in [0.2, 0.25) is 0 Å². The first-order valence-electron chi connectivity index (χ1n) is 4.10. The third kappa shape index (κ3) is 1.63. The topological polar surface area (TPSA) is 87.8 Å². The molecule has 0 aliphatic rings. The van der Waals surface area contributed by atoms with E-state index in [1.165, 1.54) is 0 Å². The van der Waals surface area contributed by atoms with Crippen LogP contribution >= 0.6 is 15.9 Å². The molecular weight excluding hydrogens is 248 g/mol. The monoisotopic (exact) mass is 256 g/mol. The predicted molar refractivity (Wildman–Crippen MR) is 55.6 cm³/mol. The minimum atomic E-state index is -0.761. The average molecular weight is 257 g/mol. The molecule has 2 rings (SSSR count). The van der Waals surface area contributed by atoms with Crippen molar-refractivity contribution in [3.05, 3.63) is 22.6 Å². The number of aromatic amines is 1. The summed E-state index contributed by atoms with van der Waals surface area (Å²) in [5.41, 5.74) is 6.67. The van der Waals surface area contributed by atoms with Crippen LogP contribution in [0.4, 0.5) is 0 Å². The van der Waals surface area contributed by atoms with Crippen molar-refractivity contribution in [3.63, 3.8) is 0 Å². The molecule has 2 aromatic rings. The molecule has 14 heavy (non-hydrogen) atoms. The Morgan fingerprint density at radius 1 is 1.64 bits per heavy atom. The van der Waals surface area contributed by atoms with Gasteiger partial charge in [-0.1, -0.05) is 0 Å². The van der Waals surface area contributed by atoms with E-state index in [9.17, 15) is 5.11 Å². The summed E-state index contributed by atoms with van der Waals surface area (Å²) >= 11 is 3.30. The van der Waals surface area contributed by atoms with Crippen LogP contribution in [0.5, 0.6) is 0 Å². The first-order valence-corrected chi connectivity index (χ1v) is 4.89. The van der Waals surface area contributed by atoms with Crippen molar-refractivity contribution in [1.29, 1.82) is 0 Å². The molecule has 0 bridgehead atoms. The molecule has 0 fully saturated rings. The molecular formula is C8H9BrN4O. The molecule has 0 spiro atoms. The van der Waals surface area contributed by atoms with Crippen molar-refractivity contribution >= 4 is 27.1 Å². The first kappa shape index (κ1) is 9.57. The number of aliphatic hydroxyl groups is 1. The first-order chi connectivity index (χ1) is 6.70. The van der Waals surface area contributed by atoms with Gasteiger partial charge in [0.15, 0.2) is 5.65 Å².